The zero-order chi connectivity index (χ0) is 23.0. The minimum absolute atomic E-state index is 0. The number of aliphatic imine (C=N–C) groups is 1. The molecule has 7 nitrogen and oxygen atoms in total. The van der Waals surface area contributed by atoms with E-state index in [0.717, 1.165) is 55.6 Å². The Morgan fingerprint density at radius 3 is 2.74 bits per heavy atom. The van der Waals surface area contributed by atoms with E-state index in [0.29, 0.717) is 18.4 Å². The van der Waals surface area contributed by atoms with E-state index in [1.54, 1.807) is 13.4 Å². The number of hydrogen-bond acceptors (Lipinski definition) is 5. The van der Waals surface area contributed by atoms with E-state index in [1.807, 2.05) is 24.3 Å². The fourth-order valence-electron chi connectivity index (χ4n) is 4.06. The second-order valence-corrected chi connectivity index (χ2v) is 8.36. The summed E-state index contributed by atoms with van der Waals surface area (Å²) in [6.45, 7) is 8.29. The summed E-state index contributed by atoms with van der Waals surface area (Å²) in [5, 5.41) is 6.83. The second-order valence-electron chi connectivity index (χ2n) is 8.36. The summed E-state index contributed by atoms with van der Waals surface area (Å²) in [7, 11) is 1.73. The molecule has 0 radical (unpaired) electrons. The van der Waals surface area contributed by atoms with Crippen molar-refractivity contribution in [3.05, 3.63) is 66.1 Å². The number of aryl methyl sites for hydroxylation is 1. The third-order valence-electron chi connectivity index (χ3n) is 5.86. The van der Waals surface area contributed by atoms with Crippen LogP contribution in [0.15, 0.2) is 64.2 Å². The van der Waals surface area contributed by atoms with Crippen LogP contribution in [-0.4, -0.2) is 44.2 Å². The van der Waals surface area contributed by atoms with Crippen molar-refractivity contribution in [2.24, 2.45) is 10.9 Å². The van der Waals surface area contributed by atoms with Gasteiger partial charge in [0.1, 0.15) is 17.7 Å². The van der Waals surface area contributed by atoms with Gasteiger partial charge >= 0.3 is 0 Å². The van der Waals surface area contributed by atoms with Crippen LogP contribution in [0, 0.1) is 12.8 Å². The third-order valence-corrected chi connectivity index (χ3v) is 5.86. The van der Waals surface area contributed by atoms with Gasteiger partial charge in [-0.3, -0.25) is 0 Å². The molecule has 0 spiro atoms. The van der Waals surface area contributed by atoms with Gasteiger partial charge in [-0.25, -0.2) is 9.98 Å². The fourth-order valence-corrected chi connectivity index (χ4v) is 4.06. The van der Waals surface area contributed by atoms with Crippen molar-refractivity contribution in [2.45, 2.75) is 26.8 Å². The second kappa shape index (κ2) is 12.6. The van der Waals surface area contributed by atoms with Crippen LogP contribution in [0.25, 0.3) is 11.5 Å². The number of oxazole rings is 1. The Balaban J connectivity index is 0.00000324. The minimum Gasteiger partial charge on any atom is -0.495 e. The molecule has 34 heavy (non-hydrogen) atoms. The first-order chi connectivity index (χ1) is 16.2. The molecule has 0 saturated carbocycles. The van der Waals surface area contributed by atoms with Crippen molar-refractivity contribution < 1.29 is 9.15 Å². The van der Waals surface area contributed by atoms with Gasteiger partial charge in [0.25, 0.3) is 0 Å². The maximum atomic E-state index is 5.66. The smallest absolute Gasteiger partial charge is 0.226 e. The van der Waals surface area contributed by atoms with Gasteiger partial charge in [0.15, 0.2) is 5.96 Å². The first-order valence-electron chi connectivity index (χ1n) is 11.6. The van der Waals surface area contributed by atoms with Gasteiger partial charge < -0.3 is 24.7 Å². The molecule has 0 aliphatic carbocycles. The van der Waals surface area contributed by atoms with Crippen molar-refractivity contribution in [3.8, 4) is 17.2 Å². The summed E-state index contributed by atoms with van der Waals surface area (Å²) in [6, 6.07) is 16.4. The molecule has 1 aromatic heterocycles. The summed E-state index contributed by atoms with van der Waals surface area (Å²) < 4.78 is 11.2. The van der Waals surface area contributed by atoms with E-state index < -0.39 is 0 Å². The zero-order valence-corrected chi connectivity index (χ0v) is 22.4. The predicted octanol–water partition coefficient (Wildman–Crippen LogP) is 4.86. The Bertz CT molecular complexity index is 1070. The van der Waals surface area contributed by atoms with Crippen LogP contribution in [0.4, 0.5) is 5.69 Å². The summed E-state index contributed by atoms with van der Waals surface area (Å²) in [6.07, 6.45) is 2.82. The first kappa shape index (κ1) is 25.9. The molecular formula is C26H34IN5O2. The number of nitrogens with zero attached hydrogens (tertiary/aromatic N) is 3. The Hall–Kier alpha value is -2.75. The molecular weight excluding hydrogens is 541 g/mol. The monoisotopic (exact) mass is 575 g/mol. The van der Waals surface area contributed by atoms with Crippen LogP contribution in [-0.2, 0) is 6.54 Å². The van der Waals surface area contributed by atoms with E-state index >= 15 is 0 Å². The summed E-state index contributed by atoms with van der Waals surface area (Å²) >= 11 is 0. The zero-order valence-electron chi connectivity index (χ0n) is 20.1. The Kier molecular flexibility index (Phi) is 9.62. The number of hydrogen-bond donors (Lipinski definition) is 2. The molecule has 0 amide bonds. The van der Waals surface area contributed by atoms with Crippen molar-refractivity contribution in [2.75, 3.05) is 38.2 Å². The Morgan fingerprint density at radius 1 is 1.18 bits per heavy atom. The average molecular weight is 575 g/mol. The molecule has 2 heterocycles. The van der Waals surface area contributed by atoms with Crippen molar-refractivity contribution in [1.82, 2.24) is 15.6 Å². The fraction of sp³-hybridized carbons (Fsp3) is 0.385. The SMILES string of the molecule is CCNC(=NCc1coc(-c2ccc(C)cc2)n1)NCC1CCN(c2ccccc2OC)C1.I. The summed E-state index contributed by atoms with van der Waals surface area (Å²) in [5.74, 6) is 2.89. The summed E-state index contributed by atoms with van der Waals surface area (Å²) in [5.41, 5.74) is 4.16. The highest BCUT2D eigenvalue weighted by Crippen LogP contribution is 2.31. The number of rotatable bonds is 8. The molecule has 1 fully saturated rings. The number of guanidine groups is 1. The number of halogens is 1. The standard InChI is InChI=1S/C26H33N5O2.HI/c1-4-27-26(29-16-22-18-33-25(30-22)21-11-9-19(2)10-12-21)28-15-20-13-14-31(17-20)23-7-5-6-8-24(23)32-3;/h5-12,18,20H,4,13-17H2,1-3H3,(H2,27,28,29);1H. The average Bonchev–Trinajstić information content (AvgIpc) is 3.51. The lowest BCUT2D eigenvalue weighted by atomic mass is 10.1. The number of para-hydroxylation sites is 2. The van der Waals surface area contributed by atoms with Crippen LogP contribution in [0.5, 0.6) is 5.75 Å². The van der Waals surface area contributed by atoms with Crippen LogP contribution in [0.3, 0.4) is 0 Å². The quantitative estimate of drug-likeness (QED) is 0.227. The van der Waals surface area contributed by atoms with Crippen LogP contribution < -0.4 is 20.3 Å². The topological polar surface area (TPSA) is 74.9 Å². The van der Waals surface area contributed by atoms with Gasteiger partial charge in [0, 0.05) is 31.7 Å². The largest absolute Gasteiger partial charge is 0.495 e. The van der Waals surface area contributed by atoms with Gasteiger partial charge in [0.2, 0.25) is 5.89 Å². The van der Waals surface area contributed by atoms with Crippen LogP contribution in [0.1, 0.15) is 24.6 Å². The Morgan fingerprint density at radius 2 is 1.97 bits per heavy atom. The molecule has 1 aliphatic heterocycles. The molecule has 1 atom stereocenters. The molecule has 3 aromatic rings. The molecule has 182 valence electrons. The van der Waals surface area contributed by atoms with Crippen LogP contribution >= 0.6 is 24.0 Å². The molecule has 1 aliphatic rings. The molecule has 0 bridgehead atoms. The highest BCUT2D eigenvalue weighted by Gasteiger charge is 2.24. The normalized spacial score (nSPS) is 15.7. The van der Waals surface area contributed by atoms with E-state index in [2.05, 4.69) is 58.6 Å². The third kappa shape index (κ3) is 6.65. The van der Waals surface area contributed by atoms with E-state index in [9.17, 15) is 0 Å². The van der Waals surface area contributed by atoms with Crippen molar-refractivity contribution >= 4 is 35.6 Å². The van der Waals surface area contributed by atoms with Gasteiger partial charge in [0.05, 0.1) is 19.3 Å². The highest BCUT2D eigenvalue weighted by molar-refractivity contribution is 14.0. The van der Waals surface area contributed by atoms with E-state index in [-0.39, 0.29) is 24.0 Å². The predicted molar refractivity (Wildman–Crippen MR) is 148 cm³/mol. The minimum atomic E-state index is 0. The number of nitrogens with one attached hydrogen (secondary N) is 2. The Labute approximate surface area is 219 Å². The van der Waals surface area contributed by atoms with Crippen molar-refractivity contribution in [3.63, 3.8) is 0 Å². The number of aromatic nitrogens is 1. The van der Waals surface area contributed by atoms with Crippen molar-refractivity contribution in [1.29, 1.82) is 0 Å². The molecule has 8 heteroatoms. The number of anilines is 1. The van der Waals surface area contributed by atoms with E-state index in [4.69, 9.17) is 14.1 Å². The van der Waals surface area contributed by atoms with Crippen LogP contribution in [0.2, 0.25) is 0 Å². The van der Waals surface area contributed by atoms with Gasteiger partial charge in [-0.15, -0.1) is 24.0 Å². The van der Waals surface area contributed by atoms with Gasteiger partial charge in [-0.2, -0.15) is 0 Å². The molecule has 1 saturated heterocycles. The molecule has 4 rings (SSSR count). The lowest BCUT2D eigenvalue weighted by molar-refractivity contribution is 0.414. The van der Waals surface area contributed by atoms with Gasteiger partial charge in [-0.1, -0.05) is 29.8 Å². The molecule has 1 unspecified atom stereocenters. The number of benzene rings is 2. The molecule has 2 aromatic carbocycles. The maximum absolute atomic E-state index is 5.66. The first-order valence-corrected chi connectivity index (χ1v) is 11.6. The lowest BCUT2D eigenvalue weighted by Crippen LogP contribution is -2.40. The summed E-state index contributed by atoms with van der Waals surface area (Å²) in [4.78, 5) is 11.7. The number of methoxy groups -OCH3 is 1. The lowest BCUT2D eigenvalue weighted by Gasteiger charge is -2.21. The molecule has 2 N–H and O–H groups in total. The van der Waals surface area contributed by atoms with Gasteiger partial charge in [-0.05, 0) is 50.5 Å². The highest BCUT2D eigenvalue weighted by atomic mass is 127. The maximum Gasteiger partial charge on any atom is 0.226 e. The van der Waals surface area contributed by atoms with E-state index in [1.165, 1.54) is 11.3 Å². The number of ether oxygens (including phenoxy) is 1.